The van der Waals surface area contributed by atoms with E-state index in [-0.39, 0.29) is 29.5 Å². The van der Waals surface area contributed by atoms with Gasteiger partial charge >= 0.3 is 0 Å². The van der Waals surface area contributed by atoms with Gasteiger partial charge < -0.3 is 16.4 Å². The van der Waals surface area contributed by atoms with Crippen LogP contribution in [-0.2, 0) is 11.3 Å². The number of nitrogens with one attached hydrogen (secondary N) is 2. The number of hydrogen-bond donors (Lipinski definition) is 3. The zero-order valence-electron chi connectivity index (χ0n) is 17.6. The number of hydrogen-bond acceptors (Lipinski definition) is 6. The topological polar surface area (TPSA) is 113 Å². The van der Waals surface area contributed by atoms with Crippen LogP contribution >= 0.6 is 0 Å². The van der Waals surface area contributed by atoms with E-state index in [9.17, 15) is 14.0 Å². The predicted molar refractivity (Wildman–Crippen MR) is 117 cm³/mol. The number of benzene rings is 1. The highest BCUT2D eigenvalue weighted by Crippen LogP contribution is 2.39. The molecule has 3 atom stereocenters. The average molecular weight is 436 g/mol. The first-order valence-corrected chi connectivity index (χ1v) is 10.9. The van der Waals surface area contributed by atoms with E-state index in [0.717, 1.165) is 36.9 Å². The summed E-state index contributed by atoms with van der Waals surface area (Å²) < 4.78 is 13.2. The standard InChI is InChI=1S/C23H25FN6O2/c24-15-3-1-13(2-4-15)12-30-16-5-6-17(30)10-14(9-16)22-28-19(21(25)31)11-20(29-22)27-18-7-8-26-23(18)32/h1-4,9,11,16-18H,5-8,10,12H2,(H2,25,31)(H,26,32)(H,27,28,29)/t16-,17+,18+/m1/s1. The molecule has 0 radical (unpaired) electrons. The number of fused-ring (bicyclic) bond motifs is 2. The van der Waals surface area contributed by atoms with E-state index in [2.05, 4.69) is 31.6 Å². The minimum atomic E-state index is -0.634. The highest BCUT2D eigenvalue weighted by molar-refractivity contribution is 5.92. The molecule has 3 aliphatic heterocycles. The molecule has 0 saturated carbocycles. The van der Waals surface area contributed by atoms with Crippen LogP contribution in [-0.4, -0.2) is 51.4 Å². The molecule has 2 fully saturated rings. The zero-order chi connectivity index (χ0) is 22.2. The molecule has 1 aromatic carbocycles. The van der Waals surface area contributed by atoms with Gasteiger partial charge in [-0.3, -0.25) is 14.5 Å². The third kappa shape index (κ3) is 4.08. The van der Waals surface area contributed by atoms with Crippen molar-refractivity contribution >= 4 is 23.2 Å². The third-order valence-electron chi connectivity index (χ3n) is 6.45. The highest BCUT2D eigenvalue weighted by Gasteiger charge is 2.37. The first-order chi connectivity index (χ1) is 15.5. The van der Waals surface area contributed by atoms with Crippen molar-refractivity contribution < 1.29 is 14.0 Å². The fourth-order valence-electron chi connectivity index (χ4n) is 4.83. The summed E-state index contributed by atoms with van der Waals surface area (Å²) in [7, 11) is 0. The lowest BCUT2D eigenvalue weighted by Gasteiger charge is -2.33. The lowest BCUT2D eigenvalue weighted by molar-refractivity contribution is -0.119. The maximum absolute atomic E-state index is 13.2. The first kappa shape index (κ1) is 20.6. The number of nitrogens with two attached hydrogens (primary N) is 1. The number of rotatable bonds is 6. The lowest BCUT2D eigenvalue weighted by Crippen LogP contribution is -2.38. The molecule has 1 aromatic heterocycles. The number of anilines is 1. The predicted octanol–water partition coefficient (Wildman–Crippen LogP) is 1.84. The summed E-state index contributed by atoms with van der Waals surface area (Å²) in [6.45, 7) is 1.36. The smallest absolute Gasteiger partial charge is 0.267 e. The monoisotopic (exact) mass is 436 g/mol. The van der Waals surface area contributed by atoms with Gasteiger partial charge in [-0.15, -0.1) is 0 Å². The molecule has 2 amide bonds. The molecule has 8 nitrogen and oxygen atoms in total. The second kappa shape index (κ2) is 8.31. The Hall–Kier alpha value is -3.33. The SMILES string of the molecule is NC(=O)c1cc(N[C@H]2CCNC2=O)nc(C2=C[C@H]3CC[C@@H](C2)N3Cc2ccc(F)cc2)n1. The minimum absolute atomic E-state index is 0.0860. The summed E-state index contributed by atoms with van der Waals surface area (Å²) in [5.74, 6) is -0.0565. The molecule has 2 saturated heterocycles. The summed E-state index contributed by atoms with van der Waals surface area (Å²) in [5, 5.41) is 5.89. The minimum Gasteiger partial charge on any atom is -0.364 e. The van der Waals surface area contributed by atoms with Crippen LogP contribution in [0.3, 0.4) is 0 Å². The Balaban J connectivity index is 1.40. The van der Waals surface area contributed by atoms with Gasteiger partial charge in [0.15, 0.2) is 5.82 Å². The Morgan fingerprint density at radius 1 is 1.22 bits per heavy atom. The molecule has 166 valence electrons. The number of amides is 2. The third-order valence-corrected chi connectivity index (χ3v) is 6.45. The van der Waals surface area contributed by atoms with Gasteiger partial charge in [0.1, 0.15) is 23.4 Å². The van der Waals surface area contributed by atoms with Gasteiger partial charge in [-0.2, -0.15) is 0 Å². The number of carbonyl (C=O) groups is 2. The molecular weight excluding hydrogens is 411 g/mol. The molecule has 3 aliphatic rings. The maximum Gasteiger partial charge on any atom is 0.267 e. The van der Waals surface area contributed by atoms with Gasteiger partial charge in [-0.05, 0) is 49.0 Å². The molecule has 0 spiro atoms. The van der Waals surface area contributed by atoms with Crippen molar-refractivity contribution in [2.75, 3.05) is 11.9 Å². The second-order valence-corrected chi connectivity index (χ2v) is 8.60. The quantitative estimate of drug-likeness (QED) is 0.637. The highest BCUT2D eigenvalue weighted by atomic mass is 19.1. The summed E-state index contributed by atoms with van der Waals surface area (Å²) in [5.41, 5.74) is 7.69. The maximum atomic E-state index is 13.2. The van der Waals surface area contributed by atoms with Gasteiger partial charge in [0.05, 0.1) is 0 Å². The Labute approximate surface area is 185 Å². The van der Waals surface area contributed by atoms with Gasteiger partial charge in [-0.1, -0.05) is 18.2 Å². The van der Waals surface area contributed by atoms with Crippen LogP contribution in [0.2, 0.25) is 0 Å². The van der Waals surface area contributed by atoms with Crippen LogP contribution < -0.4 is 16.4 Å². The Morgan fingerprint density at radius 2 is 2.03 bits per heavy atom. The van der Waals surface area contributed by atoms with Crippen molar-refractivity contribution in [3.8, 4) is 0 Å². The van der Waals surface area contributed by atoms with Crippen molar-refractivity contribution in [3.05, 3.63) is 59.3 Å². The number of carbonyl (C=O) groups excluding carboxylic acids is 2. The summed E-state index contributed by atoms with van der Waals surface area (Å²) in [6, 6.07) is 8.29. The summed E-state index contributed by atoms with van der Waals surface area (Å²) >= 11 is 0. The molecule has 2 aromatic rings. The molecule has 0 aliphatic carbocycles. The van der Waals surface area contributed by atoms with Crippen molar-refractivity contribution in [1.82, 2.24) is 20.2 Å². The lowest BCUT2D eigenvalue weighted by atomic mass is 9.99. The Morgan fingerprint density at radius 3 is 2.72 bits per heavy atom. The number of halogens is 1. The molecule has 4 heterocycles. The molecular formula is C23H25FN6O2. The molecule has 5 rings (SSSR count). The van der Waals surface area contributed by atoms with E-state index in [1.54, 1.807) is 0 Å². The van der Waals surface area contributed by atoms with Gasteiger partial charge in [0.25, 0.3) is 5.91 Å². The molecule has 2 bridgehead atoms. The van der Waals surface area contributed by atoms with Crippen molar-refractivity contribution in [1.29, 1.82) is 0 Å². The van der Waals surface area contributed by atoms with Crippen molar-refractivity contribution in [2.24, 2.45) is 5.73 Å². The Kier molecular flexibility index (Phi) is 5.34. The van der Waals surface area contributed by atoms with E-state index < -0.39 is 5.91 Å². The van der Waals surface area contributed by atoms with Gasteiger partial charge in [0.2, 0.25) is 5.91 Å². The molecule has 4 N–H and O–H groups in total. The van der Waals surface area contributed by atoms with E-state index in [1.807, 2.05) is 12.1 Å². The molecule has 32 heavy (non-hydrogen) atoms. The van der Waals surface area contributed by atoms with Crippen LogP contribution in [0.4, 0.5) is 10.2 Å². The van der Waals surface area contributed by atoms with Crippen molar-refractivity contribution in [2.45, 2.75) is 50.4 Å². The van der Waals surface area contributed by atoms with E-state index >= 15 is 0 Å². The summed E-state index contributed by atoms with van der Waals surface area (Å²) in [4.78, 5) is 35.3. The fraction of sp³-hybridized carbons (Fsp3) is 0.391. The first-order valence-electron chi connectivity index (χ1n) is 10.9. The molecule has 0 unspecified atom stereocenters. The number of primary amides is 1. The van der Waals surface area contributed by atoms with E-state index in [0.29, 0.717) is 30.6 Å². The van der Waals surface area contributed by atoms with Crippen LogP contribution in [0.5, 0.6) is 0 Å². The van der Waals surface area contributed by atoms with E-state index in [4.69, 9.17) is 5.73 Å². The zero-order valence-corrected chi connectivity index (χ0v) is 17.6. The second-order valence-electron chi connectivity index (χ2n) is 8.60. The average Bonchev–Trinajstić information content (AvgIpc) is 3.27. The van der Waals surface area contributed by atoms with Crippen LogP contribution in [0.1, 0.15) is 47.6 Å². The van der Waals surface area contributed by atoms with E-state index in [1.165, 1.54) is 18.2 Å². The normalized spacial score (nSPS) is 24.8. The summed E-state index contributed by atoms with van der Waals surface area (Å²) in [6.07, 6.45) is 5.64. The largest absolute Gasteiger partial charge is 0.364 e. The van der Waals surface area contributed by atoms with Crippen LogP contribution in [0.15, 0.2) is 36.4 Å². The fourth-order valence-corrected chi connectivity index (χ4v) is 4.83. The Bertz CT molecular complexity index is 1090. The van der Waals surface area contributed by atoms with Crippen LogP contribution in [0, 0.1) is 5.82 Å². The van der Waals surface area contributed by atoms with Gasteiger partial charge in [0, 0.05) is 31.2 Å². The van der Waals surface area contributed by atoms with Crippen molar-refractivity contribution in [3.63, 3.8) is 0 Å². The van der Waals surface area contributed by atoms with Gasteiger partial charge in [-0.25, -0.2) is 14.4 Å². The number of nitrogens with zero attached hydrogens (tertiary/aromatic N) is 3. The molecule has 9 heteroatoms. The number of aromatic nitrogens is 2. The van der Waals surface area contributed by atoms with Crippen LogP contribution in [0.25, 0.3) is 5.57 Å².